The van der Waals surface area contributed by atoms with Crippen LogP contribution >= 0.6 is 0 Å². The van der Waals surface area contributed by atoms with Crippen molar-refractivity contribution < 1.29 is 8.42 Å². The lowest BCUT2D eigenvalue weighted by Crippen LogP contribution is -2.49. The first-order chi connectivity index (χ1) is 6.05. The molecule has 1 fully saturated rings. The topological polar surface area (TPSA) is 72.2 Å². The van der Waals surface area contributed by atoms with Crippen molar-refractivity contribution in [2.45, 2.75) is 44.7 Å². The van der Waals surface area contributed by atoms with E-state index in [2.05, 4.69) is 4.72 Å². The molecule has 3 N–H and O–H groups in total. The van der Waals surface area contributed by atoms with Crippen LogP contribution in [-0.4, -0.2) is 26.3 Å². The van der Waals surface area contributed by atoms with E-state index in [1.807, 2.05) is 0 Å². The Morgan fingerprint density at radius 2 is 2.00 bits per heavy atom. The molecule has 13 heavy (non-hydrogen) atoms. The number of sulfonamides is 1. The van der Waals surface area contributed by atoms with Crippen molar-refractivity contribution in [1.29, 1.82) is 0 Å². The summed E-state index contributed by atoms with van der Waals surface area (Å²) < 4.78 is 25.1. The molecule has 0 aromatic heterocycles. The molecule has 0 saturated heterocycles. The Morgan fingerprint density at radius 3 is 2.54 bits per heavy atom. The zero-order valence-corrected chi connectivity index (χ0v) is 8.81. The minimum absolute atomic E-state index is 0.00456. The lowest BCUT2D eigenvalue weighted by molar-refractivity contribution is 0.361. The molecule has 2 atom stereocenters. The van der Waals surface area contributed by atoms with Crippen LogP contribution in [0.15, 0.2) is 0 Å². The van der Waals surface area contributed by atoms with Crippen LogP contribution in [0, 0.1) is 0 Å². The van der Waals surface area contributed by atoms with Crippen molar-refractivity contribution in [2.75, 3.05) is 5.75 Å². The molecule has 0 radical (unpaired) electrons. The number of rotatable bonds is 3. The van der Waals surface area contributed by atoms with Crippen LogP contribution in [0.3, 0.4) is 0 Å². The number of hydrogen-bond acceptors (Lipinski definition) is 3. The van der Waals surface area contributed by atoms with Gasteiger partial charge in [0.25, 0.3) is 0 Å². The van der Waals surface area contributed by atoms with Gasteiger partial charge in [-0.2, -0.15) is 0 Å². The summed E-state index contributed by atoms with van der Waals surface area (Å²) in [6.07, 6.45) is 3.99. The Balaban J connectivity index is 2.52. The molecular weight excluding hydrogens is 188 g/mol. The summed E-state index contributed by atoms with van der Waals surface area (Å²) in [6, 6.07) is -0.0474. The van der Waals surface area contributed by atoms with E-state index in [9.17, 15) is 8.42 Å². The maximum absolute atomic E-state index is 11.2. The summed E-state index contributed by atoms with van der Waals surface area (Å²) in [6.45, 7) is 1.64. The van der Waals surface area contributed by atoms with Crippen molar-refractivity contribution in [2.24, 2.45) is 5.73 Å². The predicted molar refractivity (Wildman–Crippen MR) is 52.8 cm³/mol. The van der Waals surface area contributed by atoms with Crippen LogP contribution in [0.1, 0.15) is 32.6 Å². The Morgan fingerprint density at radius 1 is 1.38 bits per heavy atom. The van der Waals surface area contributed by atoms with Crippen LogP contribution in [-0.2, 0) is 10.0 Å². The second kappa shape index (κ2) is 4.39. The first kappa shape index (κ1) is 10.9. The molecule has 1 aliphatic rings. The van der Waals surface area contributed by atoms with Gasteiger partial charge >= 0.3 is 0 Å². The molecule has 78 valence electrons. The molecule has 1 aliphatic carbocycles. The largest absolute Gasteiger partial charge is 0.326 e. The Bertz CT molecular complexity index is 251. The number of nitrogens with one attached hydrogen (secondary N) is 1. The molecule has 0 aromatic rings. The van der Waals surface area contributed by atoms with Gasteiger partial charge < -0.3 is 5.73 Å². The van der Waals surface area contributed by atoms with Gasteiger partial charge in [-0.15, -0.1) is 0 Å². The summed E-state index contributed by atoms with van der Waals surface area (Å²) in [5, 5.41) is 0. The summed E-state index contributed by atoms with van der Waals surface area (Å²) in [7, 11) is -3.08. The minimum atomic E-state index is -3.08. The third-order valence-corrected chi connectivity index (χ3v) is 3.95. The molecule has 5 heteroatoms. The zero-order chi connectivity index (χ0) is 9.90. The maximum Gasteiger partial charge on any atom is 0.211 e. The van der Waals surface area contributed by atoms with E-state index in [1.54, 1.807) is 6.92 Å². The smallest absolute Gasteiger partial charge is 0.211 e. The van der Waals surface area contributed by atoms with Crippen LogP contribution in [0.5, 0.6) is 0 Å². The fraction of sp³-hybridized carbons (Fsp3) is 1.00. The Hall–Kier alpha value is -0.130. The van der Waals surface area contributed by atoms with E-state index < -0.39 is 10.0 Å². The fourth-order valence-electron chi connectivity index (χ4n) is 1.62. The van der Waals surface area contributed by atoms with Crippen molar-refractivity contribution in [3.05, 3.63) is 0 Å². The number of hydrogen-bond donors (Lipinski definition) is 2. The molecule has 0 spiro atoms. The van der Waals surface area contributed by atoms with Crippen molar-refractivity contribution in [3.8, 4) is 0 Å². The average molecular weight is 206 g/mol. The van der Waals surface area contributed by atoms with E-state index in [0.29, 0.717) is 0 Å². The van der Waals surface area contributed by atoms with Gasteiger partial charge in [-0.1, -0.05) is 12.8 Å². The second-order valence-corrected chi connectivity index (χ2v) is 5.62. The van der Waals surface area contributed by atoms with Gasteiger partial charge in [0.2, 0.25) is 10.0 Å². The van der Waals surface area contributed by atoms with Gasteiger partial charge in [-0.25, -0.2) is 13.1 Å². The molecular formula is C8H18N2O2S. The highest BCUT2D eigenvalue weighted by molar-refractivity contribution is 7.89. The lowest BCUT2D eigenvalue weighted by atomic mass is 9.92. The monoisotopic (exact) mass is 206 g/mol. The van der Waals surface area contributed by atoms with E-state index >= 15 is 0 Å². The third kappa shape index (κ3) is 3.25. The average Bonchev–Trinajstić information content (AvgIpc) is 2.09. The third-order valence-electron chi connectivity index (χ3n) is 2.53. The molecule has 4 nitrogen and oxygen atoms in total. The first-order valence-electron chi connectivity index (χ1n) is 4.81. The Labute approximate surface area is 79.9 Å². The van der Waals surface area contributed by atoms with Gasteiger partial charge in [-0.05, 0) is 19.8 Å². The molecule has 1 rings (SSSR count). The van der Waals surface area contributed by atoms with E-state index in [0.717, 1.165) is 25.7 Å². The highest BCUT2D eigenvalue weighted by Crippen LogP contribution is 2.17. The van der Waals surface area contributed by atoms with Crippen LogP contribution in [0.25, 0.3) is 0 Å². The lowest BCUT2D eigenvalue weighted by Gasteiger charge is -2.28. The zero-order valence-electron chi connectivity index (χ0n) is 7.99. The highest BCUT2D eigenvalue weighted by Gasteiger charge is 2.24. The van der Waals surface area contributed by atoms with Gasteiger partial charge in [-0.3, -0.25) is 0 Å². The summed E-state index contributed by atoms with van der Waals surface area (Å²) >= 11 is 0. The van der Waals surface area contributed by atoms with Crippen molar-refractivity contribution in [1.82, 2.24) is 4.72 Å². The van der Waals surface area contributed by atoms with Gasteiger partial charge in [0.05, 0.1) is 5.75 Å². The fourth-order valence-corrected chi connectivity index (χ4v) is 2.54. The van der Waals surface area contributed by atoms with Gasteiger partial charge in [0, 0.05) is 12.1 Å². The molecule has 0 aliphatic heterocycles. The van der Waals surface area contributed by atoms with Crippen LogP contribution in [0.4, 0.5) is 0 Å². The standard InChI is InChI=1S/C8H18N2O2S/c1-2-13(11,12)10-8-6-4-3-5-7(8)9/h7-8,10H,2-6,9H2,1H3/t7-,8-/m1/s1. The molecule has 0 bridgehead atoms. The molecule has 0 aromatic carbocycles. The van der Waals surface area contributed by atoms with Gasteiger partial charge in [0.1, 0.15) is 0 Å². The van der Waals surface area contributed by atoms with E-state index in [-0.39, 0.29) is 17.8 Å². The van der Waals surface area contributed by atoms with Crippen LogP contribution < -0.4 is 10.5 Å². The molecule has 1 saturated carbocycles. The normalized spacial score (nSPS) is 30.3. The molecule has 0 amide bonds. The summed E-state index contributed by atoms with van der Waals surface area (Å²) in [5.74, 6) is 0.135. The van der Waals surface area contributed by atoms with Crippen LogP contribution in [0.2, 0.25) is 0 Å². The quantitative estimate of drug-likeness (QED) is 0.692. The Kier molecular flexibility index (Phi) is 3.70. The van der Waals surface area contributed by atoms with Crippen molar-refractivity contribution >= 4 is 10.0 Å². The van der Waals surface area contributed by atoms with E-state index in [1.165, 1.54) is 0 Å². The second-order valence-electron chi connectivity index (χ2n) is 3.58. The van der Waals surface area contributed by atoms with Gasteiger partial charge in [0.15, 0.2) is 0 Å². The molecule has 0 heterocycles. The SMILES string of the molecule is CCS(=O)(=O)N[C@@H]1CCCC[C@H]1N. The first-order valence-corrected chi connectivity index (χ1v) is 6.46. The minimum Gasteiger partial charge on any atom is -0.326 e. The van der Waals surface area contributed by atoms with E-state index in [4.69, 9.17) is 5.73 Å². The van der Waals surface area contributed by atoms with Crippen molar-refractivity contribution in [3.63, 3.8) is 0 Å². The molecule has 0 unspecified atom stereocenters. The summed E-state index contributed by atoms with van der Waals surface area (Å²) in [5.41, 5.74) is 5.81. The highest BCUT2D eigenvalue weighted by atomic mass is 32.2. The number of nitrogens with two attached hydrogens (primary N) is 1. The predicted octanol–water partition coefficient (Wildman–Crippen LogP) is 0.196. The maximum atomic E-state index is 11.2. The summed E-state index contributed by atoms with van der Waals surface area (Å²) in [4.78, 5) is 0.